The molecular weight excluding hydrogens is 375 g/mol. The lowest BCUT2D eigenvalue weighted by atomic mass is 10.1. The largest absolute Gasteiger partial charge is 0.394 e. The molecule has 0 radical (unpaired) electrons. The molecule has 0 N–H and O–H groups in total. The van der Waals surface area contributed by atoms with Gasteiger partial charge in [0.15, 0.2) is 0 Å². The SMILES string of the molecule is CN(C)S(=O)(=O)[C@@H]1CN(C(=O)c2ncn(C(C)(C)C)n2)C[C@H]1C(F)(F)F. The summed E-state index contributed by atoms with van der Waals surface area (Å²) < 4.78 is 66.8. The Morgan fingerprint density at radius 3 is 2.23 bits per heavy atom. The first kappa shape index (κ1) is 20.6. The Kier molecular flexibility index (Phi) is 5.14. The van der Waals surface area contributed by atoms with Crippen molar-refractivity contribution in [3.63, 3.8) is 0 Å². The van der Waals surface area contributed by atoms with Crippen molar-refractivity contribution in [1.82, 2.24) is 24.0 Å². The lowest BCUT2D eigenvalue weighted by Crippen LogP contribution is -2.43. The Labute approximate surface area is 150 Å². The van der Waals surface area contributed by atoms with Gasteiger partial charge < -0.3 is 4.90 Å². The zero-order chi connectivity index (χ0) is 20.1. The Morgan fingerprint density at radius 1 is 1.23 bits per heavy atom. The molecule has 0 aliphatic carbocycles. The molecule has 0 bridgehead atoms. The maximum atomic E-state index is 13.3. The molecule has 2 atom stereocenters. The minimum Gasteiger partial charge on any atom is -0.334 e. The fourth-order valence-corrected chi connectivity index (χ4v) is 4.22. The number of rotatable bonds is 3. The van der Waals surface area contributed by atoms with E-state index < -0.39 is 51.9 Å². The number of amides is 1. The molecule has 1 amide bonds. The van der Waals surface area contributed by atoms with Crippen LogP contribution in [-0.4, -0.2) is 76.9 Å². The van der Waals surface area contributed by atoms with Crippen molar-refractivity contribution >= 4 is 15.9 Å². The van der Waals surface area contributed by atoms with Crippen LogP contribution in [0.1, 0.15) is 31.4 Å². The smallest absolute Gasteiger partial charge is 0.334 e. The summed E-state index contributed by atoms with van der Waals surface area (Å²) in [5, 5.41) is 2.25. The van der Waals surface area contributed by atoms with Crippen LogP contribution in [0.15, 0.2) is 6.33 Å². The van der Waals surface area contributed by atoms with Gasteiger partial charge in [0.2, 0.25) is 15.8 Å². The maximum absolute atomic E-state index is 13.3. The summed E-state index contributed by atoms with van der Waals surface area (Å²) in [6, 6.07) is 0. The van der Waals surface area contributed by atoms with Crippen LogP contribution in [-0.2, 0) is 15.6 Å². The molecule has 1 aromatic heterocycles. The number of alkyl halides is 3. The molecule has 12 heteroatoms. The van der Waals surface area contributed by atoms with Crippen molar-refractivity contribution < 1.29 is 26.4 Å². The summed E-state index contributed by atoms with van der Waals surface area (Å²) in [6.45, 7) is 4.17. The van der Waals surface area contributed by atoms with Gasteiger partial charge in [0.25, 0.3) is 5.91 Å². The first-order chi connectivity index (χ1) is 11.7. The van der Waals surface area contributed by atoms with Crippen molar-refractivity contribution in [2.75, 3.05) is 27.2 Å². The van der Waals surface area contributed by atoms with Crippen LogP contribution in [0, 0.1) is 5.92 Å². The van der Waals surface area contributed by atoms with Gasteiger partial charge in [-0.3, -0.25) is 4.79 Å². The minimum atomic E-state index is -4.75. The van der Waals surface area contributed by atoms with E-state index >= 15 is 0 Å². The Balaban J connectivity index is 2.32. The fourth-order valence-electron chi connectivity index (χ4n) is 2.65. The molecule has 0 unspecified atom stereocenters. The van der Waals surface area contributed by atoms with Gasteiger partial charge in [0.1, 0.15) is 11.6 Å². The van der Waals surface area contributed by atoms with Gasteiger partial charge in [0.05, 0.1) is 11.5 Å². The standard InChI is InChI=1S/C14H22F3N5O3S/c1-13(2,3)22-8-18-11(19-22)12(23)21-6-9(14(15,16)17)10(7-21)26(24,25)20(4)5/h8-10H,6-7H2,1-5H3/t9-,10-/m1/s1. The lowest BCUT2D eigenvalue weighted by Gasteiger charge is -2.23. The van der Waals surface area contributed by atoms with Gasteiger partial charge in [-0.2, -0.15) is 13.2 Å². The average molecular weight is 397 g/mol. The number of sulfonamides is 1. The second-order valence-electron chi connectivity index (χ2n) is 7.41. The van der Waals surface area contributed by atoms with Gasteiger partial charge in [-0.05, 0) is 20.8 Å². The summed E-state index contributed by atoms with van der Waals surface area (Å²) in [6.07, 6.45) is -3.43. The van der Waals surface area contributed by atoms with Crippen molar-refractivity contribution in [2.45, 2.75) is 37.7 Å². The molecule has 0 aromatic carbocycles. The van der Waals surface area contributed by atoms with Crippen molar-refractivity contribution in [2.24, 2.45) is 5.92 Å². The summed E-state index contributed by atoms with van der Waals surface area (Å²) in [5.41, 5.74) is -0.457. The number of carbonyl (C=O) groups is 1. The molecule has 26 heavy (non-hydrogen) atoms. The van der Waals surface area contributed by atoms with Gasteiger partial charge in [0, 0.05) is 27.2 Å². The predicted molar refractivity (Wildman–Crippen MR) is 86.9 cm³/mol. The van der Waals surface area contributed by atoms with E-state index in [1.54, 1.807) is 0 Å². The Bertz CT molecular complexity index is 782. The first-order valence-corrected chi connectivity index (χ1v) is 9.35. The van der Waals surface area contributed by atoms with Gasteiger partial charge in [-0.1, -0.05) is 0 Å². The number of hydrogen-bond acceptors (Lipinski definition) is 5. The maximum Gasteiger partial charge on any atom is 0.394 e. The molecule has 0 spiro atoms. The van der Waals surface area contributed by atoms with Gasteiger partial charge in [-0.25, -0.2) is 22.4 Å². The second kappa shape index (κ2) is 6.48. The summed E-state index contributed by atoms with van der Waals surface area (Å²) in [7, 11) is -1.87. The number of hydrogen-bond donors (Lipinski definition) is 0. The summed E-state index contributed by atoms with van der Waals surface area (Å²) >= 11 is 0. The van der Waals surface area contributed by atoms with E-state index in [-0.39, 0.29) is 5.82 Å². The lowest BCUT2D eigenvalue weighted by molar-refractivity contribution is -0.169. The highest BCUT2D eigenvalue weighted by molar-refractivity contribution is 7.89. The fraction of sp³-hybridized carbons (Fsp3) is 0.786. The predicted octanol–water partition coefficient (Wildman–Crippen LogP) is 0.927. The van der Waals surface area contributed by atoms with Gasteiger partial charge >= 0.3 is 6.18 Å². The molecule has 1 aromatic rings. The third-order valence-corrected chi connectivity index (χ3v) is 6.50. The third-order valence-electron chi connectivity index (χ3n) is 4.24. The molecule has 1 saturated heterocycles. The molecule has 148 valence electrons. The number of nitrogens with zero attached hydrogens (tertiary/aromatic N) is 5. The molecule has 0 saturated carbocycles. The van der Waals surface area contributed by atoms with Crippen molar-refractivity contribution in [3.8, 4) is 0 Å². The zero-order valence-electron chi connectivity index (χ0n) is 15.1. The van der Waals surface area contributed by atoms with Crippen LogP contribution in [0.5, 0.6) is 0 Å². The number of aromatic nitrogens is 3. The second-order valence-corrected chi connectivity index (χ2v) is 9.77. The van der Waals surface area contributed by atoms with E-state index in [2.05, 4.69) is 10.1 Å². The molecule has 2 rings (SSSR count). The van der Waals surface area contributed by atoms with Crippen molar-refractivity contribution in [1.29, 1.82) is 0 Å². The van der Waals surface area contributed by atoms with E-state index in [0.717, 1.165) is 9.21 Å². The van der Waals surface area contributed by atoms with E-state index in [9.17, 15) is 26.4 Å². The molecule has 1 aliphatic heterocycles. The average Bonchev–Trinajstić information content (AvgIpc) is 3.12. The van der Waals surface area contributed by atoms with Crippen LogP contribution in [0.25, 0.3) is 0 Å². The third kappa shape index (κ3) is 3.85. The van der Waals surface area contributed by atoms with Gasteiger partial charge in [-0.15, -0.1) is 5.10 Å². The normalized spacial score (nSPS) is 22.3. The summed E-state index contributed by atoms with van der Waals surface area (Å²) in [4.78, 5) is 17.2. The highest BCUT2D eigenvalue weighted by Gasteiger charge is 2.56. The molecule has 1 fully saturated rings. The summed E-state index contributed by atoms with van der Waals surface area (Å²) in [5.74, 6) is -3.24. The molecule has 8 nitrogen and oxygen atoms in total. The topological polar surface area (TPSA) is 88.4 Å². The van der Waals surface area contributed by atoms with Crippen LogP contribution in [0.3, 0.4) is 0 Å². The molecule has 1 aliphatic rings. The van der Waals surface area contributed by atoms with E-state index in [1.807, 2.05) is 20.8 Å². The number of likely N-dealkylation sites (tertiary alicyclic amines) is 1. The molecular formula is C14H22F3N5O3S. The molecule has 2 heterocycles. The van der Waals surface area contributed by atoms with Crippen LogP contribution >= 0.6 is 0 Å². The highest BCUT2D eigenvalue weighted by Crippen LogP contribution is 2.38. The highest BCUT2D eigenvalue weighted by atomic mass is 32.2. The zero-order valence-corrected chi connectivity index (χ0v) is 16.0. The quantitative estimate of drug-likeness (QED) is 0.757. The van der Waals surface area contributed by atoms with E-state index in [1.165, 1.54) is 25.1 Å². The Morgan fingerprint density at radius 2 is 1.81 bits per heavy atom. The van der Waals surface area contributed by atoms with Crippen LogP contribution < -0.4 is 0 Å². The number of carbonyl (C=O) groups excluding carboxylic acids is 1. The van der Waals surface area contributed by atoms with Crippen LogP contribution in [0.2, 0.25) is 0 Å². The number of halogens is 3. The first-order valence-electron chi connectivity index (χ1n) is 7.85. The van der Waals surface area contributed by atoms with Crippen LogP contribution in [0.4, 0.5) is 13.2 Å². The van der Waals surface area contributed by atoms with E-state index in [0.29, 0.717) is 0 Å². The minimum absolute atomic E-state index is 0.260. The van der Waals surface area contributed by atoms with Crippen molar-refractivity contribution in [3.05, 3.63) is 12.2 Å². The Hall–Kier alpha value is -1.69. The monoisotopic (exact) mass is 397 g/mol. The van der Waals surface area contributed by atoms with E-state index in [4.69, 9.17) is 0 Å².